The van der Waals surface area contributed by atoms with Crippen molar-refractivity contribution in [3.05, 3.63) is 88.9 Å². The minimum absolute atomic E-state index is 0.730. The number of anilines is 1. The van der Waals surface area contributed by atoms with Crippen molar-refractivity contribution < 1.29 is 9.47 Å². The van der Waals surface area contributed by atoms with Crippen molar-refractivity contribution in [1.82, 2.24) is 4.98 Å². The third-order valence-corrected chi connectivity index (χ3v) is 11.3. The van der Waals surface area contributed by atoms with E-state index < -0.39 is 18.4 Å². The quantitative estimate of drug-likeness (QED) is 0.218. The molecule has 0 atom stereocenters. The van der Waals surface area contributed by atoms with Crippen molar-refractivity contribution in [1.29, 1.82) is 0 Å². The van der Waals surface area contributed by atoms with Crippen LogP contribution in [0.5, 0.6) is 11.5 Å². The number of ether oxygens (including phenoxy) is 2. The Morgan fingerprint density at radius 2 is 1.32 bits per heavy atom. The van der Waals surface area contributed by atoms with Gasteiger partial charge in [-0.3, -0.25) is 0 Å². The summed E-state index contributed by atoms with van der Waals surface area (Å²) in [5.74, 6) is 2.68. The van der Waals surface area contributed by atoms with E-state index in [1.54, 1.807) is 14.2 Å². The summed E-state index contributed by atoms with van der Waals surface area (Å²) in [7, 11) is 3.38. The molecule has 0 radical (unpaired) electrons. The van der Waals surface area contributed by atoms with Crippen molar-refractivity contribution >= 4 is 50.3 Å². The van der Waals surface area contributed by atoms with Gasteiger partial charge in [0.15, 0.2) is 0 Å². The first-order chi connectivity index (χ1) is 16.3. The van der Waals surface area contributed by atoms with E-state index in [1.807, 2.05) is 36.4 Å². The van der Waals surface area contributed by atoms with E-state index in [0.717, 1.165) is 46.2 Å². The van der Waals surface area contributed by atoms with Crippen LogP contribution in [0, 0.1) is 0 Å². The molecule has 0 amide bonds. The predicted molar refractivity (Wildman–Crippen MR) is 146 cm³/mol. The van der Waals surface area contributed by atoms with Crippen LogP contribution in [0.25, 0.3) is 10.8 Å². The monoisotopic (exact) mass is 582 g/mol. The van der Waals surface area contributed by atoms with E-state index in [4.69, 9.17) is 26.1 Å². The molecule has 4 nitrogen and oxygen atoms in total. The summed E-state index contributed by atoms with van der Waals surface area (Å²) >= 11 is 4.08. The molecule has 1 aromatic heterocycles. The Balaban J connectivity index is 1.80. The Labute approximate surface area is 211 Å². The fourth-order valence-corrected chi connectivity index (χ4v) is 8.80. The molecule has 0 fully saturated rings. The fourth-order valence-electron chi connectivity index (χ4n) is 4.08. The molecule has 1 heterocycles. The van der Waals surface area contributed by atoms with Gasteiger partial charge >= 0.3 is 212 Å². The molecule has 0 aliphatic rings. The van der Waals surface area contributed by atoms with Crippen LogP contribution in [0.2, 0.25) is 19.8 Å². The number of halogens is 1. The normalized spacial score (nSPS) is 11.5. The SMILES string of the molecule is COc1ccc(CN(Cc2ccc(OC)cc2)c2cc3cccc(Cl)c3[c]([Sn]([CH3])([CH3])[CH3])n2)cc1. The van der Waals surface area contributed by atoms with E-state index >= 15 is 0 Å². The summed E-state index contributed by atoms with van der Waals surface area (Å²) in [6.45, 7) is 1.46. The Morgan fingerprint density at radius 3 is 1.79 bits per heavy atom. The van der Waals surface area contributed by atoms with Crippen LogP contribution in [0.15, 0.2) is 72.8 Å². The minimum atomic E-state index is -2.59. The zero-order valence-electron chi connectivity index (χ0n) is 20.4. The maximum absolute atomic E-state index is 6.67. The third kappa shape index (κ3) is 5.61. The van der Waals surface area contributed by atoms with Crippen LogP contribution in [0.4, 0.5) is 5.82 Å². The average Bonchev–Trinajstić information content (AvgIpc) is 2.83. The fraction of sp³-hybridized carbons (Fsp3) is 0.250. The Morgan fingerprint density at radius 1 is 0.794 bits per heavy atom. The van der Waals surface area contributed by atoms with Crippen molar-refractivity contribution in [2.75, 3.05) is 19.1 Å². The summed E-state index contributed by atoms with van der Waals surface area (Å²) in [6.07, 6.45) is 0. The van der Waals surface area contributed by atoms with Gasteiger partial charge in [0.2, 0.25) is 0 Å². The van der Waals surface area contributed by atoms with Gasteiger partial charge in [-0.15, -0.1) is 0 Å². The van der Waals surface area contributed by atoms with Crippen molar-refractivity contribution in [3.8, 4) is 11.5 Å². The van der Waals surface area contributed by atoms with Gasteiger partial charge in [-0.1, -0.05) is 0 Å². The topological polar surface area (TPSA) is 34.6 Å². The summed E-state index contributed by atoms with van der Waals surface area (Å²) in [6, 6.07) is 24.8. The van der Waals surface area contributed by atoms with Crippen molar-refractivity contribution in [2.45, 2.75) is 27.9 Å². The van der Waals surface area contributed by atoms with Crippen LogP contribution in [-0.4, -0.2) is 37.6 Å². The molecule has 176 valence electrons. The first-order valence-electron chi connectivity index (χ1n) is 11.4. The molecule has 6 heteroatoms. The second kappa shape index (κ2) is 10.4. The van der Waals surface area contributed by atoms with Gasteiger partial charge in [-0.05, 0) is 0 Å². The Kier molecular flexibility index (Phi) is 7.58. The number of nitrogens with zero attached hydrogens (tertiary/aromatic N) is 2. The van der Waals surface area contributed by atoms with Gasteiger partial charge in [-0.25, -0.2) is 0 Å². The predicted octanol–water partition coefficient (Wildman–Crippen LogP) is 6.66. The number of aromatic nitrogens is 1. The average molecular weight is 582 g/mol. The number of benzene rings is 3. The van der Waals surface area contributed by atoms with Gasteiger partial charge in [0.1, 0.15) is 0 Å². The summed E-state index contributed by atoms with van der Waals surface area (Å²) in [5.41, 5.74) is 2.39. The number of fused-ring (bicyclic) bond motifs is 1. The first kappa shape index (κ1) is 24.7. The Bertz CT molecular complexity index is 1220. The third-order valence-electron chi connectivity index (χ3n) is 5.89. The van der Waals surface area contributed by atoms with E-state index in [1.165, 1.54) is 14.8 Å². The number of hydrogen-bond acceptors (Lipinski definition) is 4. The van der Waals surface area contributed by atoms with Gasteiger partial charge in [0.25, 0.3) is 0 Å². The standard InChI is InChI=1S/C25H22ClN2O2.3CH3.Sn/c1-29-21-10-6-18(7-11-21)16-28(17-19-8-12-22(30-2)13-9-19)25-14-20-4-3-5-24(26)23(20)15-27-25;;;;/h3-14H,16-17H2,1-2H3;3*1H3;. The molecule has 4 rings (SSSR count). The second-order valence-corrected chi connectivity index (χ2v) is 24.1. The summed E-state index contributed by atoms with van der Waals surface area (Å²) < 4.78 is 11.9. The number of methoxy groups -OCH3 is 2. The number of hydrogen-bond donors (Lipinski definition) is 0. The van der Waals surface area contributed by atoms with E-state index in [2.05, 4.69) is 56.1 Å². The molecule has 3 aromatic carbocycles. The van der Waals surface area contributed by atoms with Crippen molar-refractivity contribution in [2.24, 2.45) is 0 Å². The first-order valence-corrected chi connectivity index (χ1v) is 21.8. The molecule has 0 aliphatic carbocycles. The number of rotatable bonds is 8. The summed E-state index contributed by atoms with van der Waals surface area (Å²) in [5, 5.41) is 3.05. The second-order valence-electron chi connectivity index (χ2n) is 9.47. The molecular formula is C28H31ClN2O2Sn. The molecule has 0 bridgehead atoms. The van der Waals surface area contributed by atoms with Crippen LogP contribution in [0.3, 0.4) is 0 Å². The zero-order chi connectivity index (χ0) is 24.3. The van der Waals surface area contributed by atoms with E-state index in [0.29, 0.717) is 0 Å². The zero-order valence-corrected chi connectivity index (χ0v) is 24.0. The van der Waals surface area contributed by atoms with Crippen LogP contribution >= 0.6 is 11.6 Å². The molecule has 34 heavy (non-hydrogen) atoms. The van der Waals surface area contributed by atoms with Gasteiger partial charge in [-0.2, -0.15) is 0 Å². The Hall–Kier alpha value is -2.44. The summed E-state index contributed by atoms with van der Waals surface area (Å²) in [4.78, 5) is 14.8. The van der Waals surface area contributed by atoms with Gasteiger partial charge in [0.05, 0.1) is 0 Å². The van der Waals surface area contributed by atoms with Crippen LogP contribution in [0.1, 0.15) is 11.1 Å². The number of pyridine rings is 1. The van der Waals surface area contributed by atoms with Crippen LogP contribution in [-0.2, 0) is 13.1 Å². The molecule has 0 saturated carbocycles. The van der Waals surface area contributed by atoms with Crippen molar-refractivity contribution in [3.63, 3.8) is 0 Å². The van der Waals surface area contributed by atoms with E-state index in [-0.39, 0.29) is 0 Å². The van der Waals surface area contributed by atoms with Gasteiger partial charge in [0, 0.05) is 0 Å². The van der Waals surface area contributed by atoms with Gasteiger partial charge < -0.3 is 0 Å². The molecular weight excluding hydrogens is 550 g/mol. The maximum atomic E-state index is 6.67. The molecule has 0 spiro atoms. The molecule has 0 aliphatic heterocycles. The molecule has 0 N–H and O–H groups in total. The molecule has 0 saturated heterocycles. The molecule has 4 aromatic rings. The van der Waals surface area contributed by atoms with Crippen LogP contribution < -0.4 is 18.1 Å². The molecule has 0 unspecified atom stereocenters. The van der Waals surface area contributed by atoms with E-state index in [9.17, 15) is 0 Å².